The van der Waals surface area contributed by atoms with Crippen molar-refractivity contribution in [3.05, 3.63) is 71.8 Å². The van der Waals surface area contributed by atoms with Crippen molar-refractivity contribution in [3.63, 3.8) is 0 Å². The maximum atomic E-state index is 12.7. The third-order valence-corrected chi connectivity index (χ3v) is 16.5. The minimum atomic E-state index is -3.48. The molecule has 66 heavy (non-hydrogen) atoms. The molecular weight excluding hydrogens is 883 g/mol. The standard InChI is InChI=1S/2C24H40N3O5P/c2*1-17(2)22(27-23(29)21(25)13-18-9-5-3-6-10-18)24(30)26-14-20(28)16-33(31,32)15-19-11-7-4-8-12-19/h2*3,5-6,9-10,17,19-22,28H,4,7-8,11-16,25H2,1-2H3,(H,26,30)(H,27,29)(H,31,32). The maximum absolute atomic E-state index is 12.7. The highest BCUT2D eigenvalue weighted by Crippen LogP contribution is 2.47. The third kappa shape index (κ3) is 22.1. The highest BCUT2D eigenvalue weighted by molar-refractivity contribution is 7.58. The number of aliphatic hydroxyl groups is 2. The minimum absolute atomic E-state index is 0.150. The van der Waals surface area contributed by atoms with Crippen LogP contribution in [0.25, 0.3) is 0 Å². The fourth-order valence-electron chi connectivity index (χ4n) is 8.65. The van der Waals surface area contributed by atoms with Gasteiger partial charge in [0.25, 0.3) is 0 Å². The van der Waals surface area contributed by atoms with E-state index in [2.05, 4.69) is 21.3 Å². The predicted octanol–water partition coefficient (Wildman–Crippen LogP) is 4.05. The molecule has 18 heteroatoms. The second kappa shape index (κ2) is 28.8. The molecule has 0 bridgehead atoms. The van der Waals surface area contributed by atoms with E-state index in [0.717, 1.165) is 62.5 Å². The molecule has 0 radical (unpaired) electrons. The monoisotopic (exact) mass is 963 g/mol. The van der Waals surface area contributed by atoms with Crippen LogP contribution in [0.15, 0.2) is 60.7 Å². The quantitative estimate of drug-likeness (QED) is 0.0668. The van der Waals surface area contributed by atoms with Crippen LogP contribution in [-0.4, -0.2) is 118 Å². The molecule has 0 heterocycles. The lowest BCUT2D eigenvalue weighted by atomic mass is 9.91. The molecule has 8 unspecified atom stereocenters. The van der Waals surface area contributed by atoms with Crippen LogP contribution in [0.2, 0.25) is 0 Å². The summed E-state index contributed by atoms with van der Waals surface area (Å²) in [6.45, 7) is 6.91. The summed E-state index contributed by atoms with van der Waals surface area (Å²) in [6, 6.07) is 15.5. The van der Waals surface area contributed by atoms with Crippen molar-refractivity contribution in [2.24, 2.45) is 35.1 Å². The van der Waals surface area contributed by atoms with Gasteiger partial charge in [0.05, 0.1) is 36.6 Å². The zero-order chi connectivity index (χ0) is 48.9. The molecule has 0 saturated heterocycles. The average Bonchev–Trinajstić information content (AvgIpc) is 3.26. The largest absolute Gasteiger partial charge is 0.391 e. The predicted molar refractivity (Wildman–Crippen MR) is 260 cm³/mol. The molecular formula is C48H80N6O10P2. The van der Waals surface area contributed by atoms with E-state index in [1.807, 2.05) is 60.7 Å². The Kier molecular flexibility index (Phi) is 24.8. The van der Waals surface area contributed by atoms with Crippen LogP contribution < -0.4 is 32.7 Å². The van der Waals surface area contributed by atoms with Gasteiger partial charge in [-0.1, -0.05) is 127 Å². The fraction of sp³-hybridized carbons (Fsp3) is 0.667. The molecule has 0 aliphatic heterocycles. The summed E-state index contributed by atoms with van der Waals surface area (Å²) in [5.74, 6) is -1.71. The normalized spacial score (nSPS) is 19.3. The van der Waals surface area contributed by atoms with Gasteiger partial charge in [0.1, 0.15) is 12.1 Å². The minimum Gasteiger partial charge on any atom is -0.391 e. The van der Waals surface area contributed by atoms with Crippen LogP contribution in [-0.2, 0) is 41.1 Å². The van der Waals surface area contributed by atoms with Gasteiger partial charge in [-0.3, -0.25) is 28.3 Å². The van der Waals surface area contributed by atoms with Crippen LogP contribution in [0.1, 0.15) is 103 Å². The summed E-state index contributed by atoms with van der Waals surface area (Å²) in [5, 5.41) is 31.1. The maximum Gasteiger partial charge on any atom is 0.242 e. The SMILES string of the molecule is CC(C)C(NC(=O)C(N)Cc1ccccc1)C(=O)NCC(O)CP(=O)(O)CC1CCCCC1.CC(C)C(NC(=O)C(N)Cc1ccccc1)C(=O)NCC(O)CP(=O)(O)CC1CCCCC1. The first-order chi connectivity index (χ1) is 31.1. The van der Waals surface area contributed by atoms with E-state index >= 15 is 0 Å². The molecule has 372 valence electrons. The van der Waals surface area contributed by atoms with E-state index in [1.165, 1.54) is 12.8 Å². The van der Waals surface area contributed by atoms with Gasteiger partial charge in [0.2, 0.25) is 38.4 Å². The fourth-order valence-corrected chi connectivity index (χ4v) is 12.9. The Morgan fingerprint density at radius 3 is 1.18 bits per heavy atom. The van der Waals surface area contributed by atoms with Crippen LogP contribution >= 0.6 is 14.7 Å². The second-order valence-corrected chi connectivity index (χ2v) is 24.1. The van der Waals surface area contributed by atoms with Gasteiger partial charge >= 0.3 is 0 Å². The second-order valence-electron chi connectivity index (χ2n) is 19.3. The Morgan fingerprint density at radius 2 is 0.879 bits per heavy atom. The summed E-state index contributed by atoms with van der Waals surface area (Å²) >= 11 is 0. The number of amides is 4. The Morgan fingerprint density at radius 1 is 0.561 bits per heavy atom. The molecule has 2 aromatic carbocycles. The molecule has 0 spiro atoms. The first-order valence-electron chi connectivity index (χ1n) is 23.9. The summed E-state index contributed by atoms with van der Waals surface area (Å²) in [6.07, 6.45) is 8.92. The highest BCUT2D eigenvalue weighted by atomic mass is 31.2. The Balaban J connectivity index is 0.000000350. The van der Waals surface area contributed by atoms with Gasteiger partial charge in [-0.2, -0.15) is 0 Å². The Bertz CT molecular complexity index is 1730. The van der Waals surface area contributed by atoms with Crippen molar-refractivity contribution in [1.82, 2.24) is 21.3 Å². The number of benzene rings is 2. The van der Waals surface area contributed by atoms with Crippen LogP contribution in [0.5, 0.6) is 0 Å². The Hall–Kier alpha value is -3.46. The molecule has 12 N–H and O–H groups in total. The van der Waals surface area contributed by atoms with Crippen LogP contribution in [0.3, 0.4) is 0 Å². The van der Waals surface area contributed by atoms with Gasteiger partial charge in [-0.05, 0) is 73.3 Å². The third-order valence-electron chi connectivity index (χ3n) is 12.3. The number of aliphatic hydroxyl groups excluding tert-OH is 2. The van der Waals surface area contributed by atoms with Gasteiger partial charge in [0.15, 0.2) is 0 Å². The first kappa shape index (κ1) is 56.9. The zero-order valence-corrected chi connectivity index (χ0v) is 41.4. The highest BCUT2D eigenvalue weighted by Gasteiger charge is 2.32. The molecule has 0 aromatic heterocycles. The number of nitrogens with two attached hydrogens (primary N) is 2. The zero-order valence-electron chi connectivity index (χ0n) is 39.6. The van der Waals surface area contributed by atoms with Crippen molar-refractivity contribution >= 4 is 38.4 Å². The molecule has 4 rings (SSSR count). The molecule has 8 atom stereocenters. The smallest absolute Gasteiger partial charge is 0.242 e. The first-order valence-corrected chi connectivity index (χ1v) is 27.9. The Labute approximate surface area is 392 Å². The molecule has 2 aliphatic carbocycles. The summed E-state index contributed by atoms with van der Waals surface area (Å²) in [5.41, 5.74) is 13.9. The number of carbonyl (C=O) groups is 4. The van der Waals surface area contributed by atoms with E-state index in [4.69, 9.17) is 11.5 Å². The molecule has 2 aliphatic rings. The molecule has 4 amide bonds. The molecule has 2 aromatic rings. The van der Waals surface area contributed by atoms with Crippen molar-refractivity contribution in [1.29, 1.82) is 0 Å². The van der Waals surface area contributed by atoms with Gasteiger partial charge in [-0.25, -0.2) is 0 Å². The van der Waals surface area contributed by atoms with E-state index < -0.39 is 74.7 Å². The summed E-state index contributed by atoms with van der Waals surface area (Å²) in [4.78, 5) is 71.1. The van der Waals surface area contributed by atoms with Crippen molar-refractivity contribution in [2.45, 2.75) is 141 Å². The molecule has 2 fully saturated rings. The van der Waals surface area contributed by atoms with E-state index in [-0.39, 0.29) is 61.4 Å². The van der Waals surface area contributed by atoms with Crippen LogP contribution in [0, 0.1) is 23.7 Å². The van der Waals surface area contributed by atoms with Gasteiger partial charge in [0, 0.05) is 25.4 Å². The van der Waals surface area contributed by atoms with E-state index in [9.17, 15) is 48.3 Å². The average molecular weight is 963 g/mol. The van der Waals surface area contributed by atoms with Gasteiger partial charge in [-0.15, -0.1) is 0 Å². The molecule has 2 saturated carbocycles. The van der Waals surface area contributed by atoms with E-state index in [1.54, 1.807) is 27.7 Å². The molecule has 16 nitrogen and oxygen atoms in total. The van der Waals surface area contributed by atoms with E-state index in [0.29, 0.717) is 12.8 Å². The number of rotatable bonds is 24. The van der Waals surface area contributed by atoms with Gasteiger partial charge < -0.3 is 52.7 Å². The number of nitrogens with one attached hydrogen (secondary N) is 4. The van der Waals surface area contributed by atoms with Crippen molar-refractivity contribution in [3.8, 4) is 0 Å². The lowest BCUT2D eigenvalue weighted by Gasteiger charge is -2.26. The number of hydrogen-bond acceptors (Lipinski definition) is 10. The summed E-state index contributed by atoms with van der Waals surface area (Å²) in [7, 11) is -6.95. The van der Waals surface area contributed by atoms with Crippen molar-refractivity contribution in [2.75, 3.05) is 37.7 Å². The van der Waals surface area contributed by atoms with Crippen LogP contribution in [0.4, 0.5) is 0 Å². The lowest BCUT2D eigenvalue weighted by Crippen LogP contribution is -2.55. The summed E-state index contributed by atoms with van der Waals surface area (Å²) < 4.78 is 25.1. The van der Waals surface area contributed by atoms with Crippen molar-refractivity contribution < 1.29 is 48.3 Å². The lowest BCUT2D eigenvalue weighted by molar-refractivity contribution is -0.130. The number of hydrogen-bond donors (Lipinski definition) is 10. The topological polar surface area (TPSA) is 284 Å². The number of carbonyl (C=O) groups excluding carboxylic acids is 4.